The molecule has 1 heterocycles. The highest BCUT2D eigenvalue weighted by atomic mass is 16.5. The van der Waals surface area contributed by atoms with Gasteiger partial charge in [0.2, 0.25) is 11.8 Å². The van der Waals surface area contributed by atoms with Crippen LogP contribution in [0.15, 0.2) is 0 Å². The maximum absolute atomic E-state index is 11.1. The minimum absolute atomic E-state index is 0.239. The summed E-state index contributed by atoms with van der Waals surface area (Å²) < 4.78 is 4.60. The molecule has 0 bridgehead atoms. The molecule has 14 heavy (non-hydrogen) atoms. The van der Waals surface area contributed by atoms with Crippen LogP contribution in [-0.2, 0) is 14.3 Å². The van der Waals surface area contributed by atoms with Crippen LogP contribution in [0.1, 0.15) is 19.8 Å². The Morgan fingerprint density at radius 1 is 1.64 bits per heavy atom. The molecule has 1 atom stereocenters. The number of hydrogen-bond acceptors (Lipinski definition) is 4. The van der Waals surface area contributed by atoms with Crippen LogP contribution in [0, 0.1) is 0 Å². The lowest BCUT2D eigenvalue weighted by atomic mass is 10.1. The van der Waals surface area contributed by atoms with E-state index in [9.17, 15) is 14.4 Å². The van der Waals surface area contributed by atoms with E-state index < -0.39 is 18.0 Å². The van der Waals surface area contributed by atoms with Gasteiger partial charge in [0, 0.05) is 6.42 Å². The van der Waals surface area contributed by atoms with Crippen molar-refractivity contribution in [2.45, 2.75) is 25.8 Å². The maximum Gasteiger partial charge on any atom is 0.407 e. The SMILES string of the molecule is CCOC(=O)NC1CCC(=O)NC1=O. The first kappa shape index (κ1) is 10.5. The van der Waals surface area contributed by atoms with E-state index in [-0.39, 0.29) is 18.9 Å². The predicted molar refractivity (Wildman–Crippen MR) is 46.3 cm³/mol. The Kier molecular flexibility index (Phi) is 3.44. The van der Waals surface area contributed by atoms with Crippen LogP contribution in [0.25, 0.3) is 0 Å². The van der Waals surface area contributed by atoms with Gasteiger partial charge in [-0.2, -0.15) is 0 Å². The highest BCUT2D eigenvalue weighted by Crippen LogP contribution is 2.04. The average molecular weight is 200 g/mol. The minimum Gasteiger partial charge on any atom is -0.450 e. The Labute approximate surface area is 81.0 Å². The second-order valence-electron chi connectivity index (χ2n) is 2.87. The van der Waals surface area contributed by atoms with Crippen LogP contribution < -0.4 is 10.6 Å². The van der Waals surface area contributed by atoms with Crippen LogP contribution in [0.4, 0.5) is 4.79 Å². The molecule has 0 saturated carbocycles. The lowest BCUT2D eigenvalue weighted by molar-refractivity contribution is -0.134. The summed E-state index contributed by atoms with van der Waals surface area (Å²) >= 11 is 0. The summed E-state index contributed by atoms with van der Waals surface area (Å²) in [4.78, 5) is 32.8. The number of imide groups is 1. The number of carbonyl (C=O) groups excluding carboxylic acids is 3. The highest BCUT2D eigenvalue weighted by molar-refractivity contribution is 6.01. The zero-order valence-corrected chi connectivity index (χ0v) is 7.83. The lowest BCUT2D eigenvalue weighted by Crippen LogP contribution is -2.52. The minimum atomic E-state index is -0.660. The third-order valence-corrected chi connectivity index (χ3v) is 1.81. The van der Waals surface area contributed by atoms with Gasteiger partial charge in [0.25, 0.3) is 0 Å². The summed E-state index contributed by atoms with van der Waals surface area (Å²) in [5, 5.41) is 4.49. The number of hydrogen-bond donors (Lipinski definition) is 2. The smallest absolute Gasteiger partial charge is 0.407 e. The molecule has 1 aliphatic heterocycles. The van der Waals surface area contributed by atoms with Crippen molar-refractivity contribution in [3.8, 4) is 0 Å². The zero-order valence-electron chi connectivity index (χ0n) is 7.83. The quantitative estimate of drug-likeness (QED) is 0.590. The number of piperidine rings is 1. The van der Waals surface area contributed by atoms with Crippen LogP contribution in [-0.4, -0.2) is 30.6 Å². The molecule has 78 valence electrons. The molecule has 3 amide bonds. The molecule has 0 aromatic carbocycles. The molecular formula is C8H12N2O4. The monoisotopic (exact) mass is 200 g/mol. The van der Waals surface area contributed by atoms with Gasteiger partial charge in [0.15, 0.2) is 0 Å². The molecule has 0 aromatic heterocycles. The molecule has 0 aliphatic carbocycles. The second-order valence-corrected chi connectivity index (χ2v) is 2.87. The third-order valence-electron chi connectivity index (χ3n) is 1.81. The van der Waals surface area contributed by atoms with E-state index in [4.69, 9.17) is 0 Å². The predicted octanol–water partition coefficient (Wildman–Crippen LogP) is -0.462. The van der Waals surface area contributed by atoms with Crippen molar-refractivity contribution in [1.29, 1.82) is 0 Å². The van der Waals surface area contributed by atoms with Gasteiger partial charge in [-0.3, -0.25) is 14.9 Å². The summed E-state index contributed by atoms with van der Waals surface area (Å²) in [6.07, 6.45) is -0.0752. The number of carbonyl (C=O) groups is 3. The van der Waals surface area contributed by atoms with Gasteiger partial charge in [0.1, 0.15) is 6.04 Å². The van der Waals surface area contributed by atoms with Gasteiger partial charge < -0.3 is 10.1 Å². The molecular weight excluding hydrogens is 188 g/mol. The van der Waals surface area contributed by atoms with Crippen LogP contribution in [0.5, 0.6) is 0 Å². The largest absolute Gasteiger partial charge is 0.450 e. The number of alkyl carbamates (subject to hydrolysis) is 1. The Morgan fingerprint density at radius 3 is 2.93 bits per heavy atom. The summed E-state index contributed by atoms with van der Waals surface area (Å²) in [7, 11) is 0. The van der Waals surface area contributed by atoms with Crippen LogP contribution >= 0.6 is 0 Å². The second kappa shape index (κ2) is 4.59. The lowest BCUT2D eigenvalue weighted by Gasteiger charge is -2.21. The van der Waals surface area contributed by atoms with Crippen molar-refractivity contribution in [3.05, 3.63) is 0 Å². The van der Waals surface area contributed by atoms with Gasteiger partial charge in [0.05, 0.1) is 6.61 Å². The maximum atomic E-state index is 11.1. The topological polar surface area (TPSA) is 84.5 Å². The molecule has 1 fully saturated rings. The van der Waals surface area contributed by atoms with E-state index in [1.54, 1.807) is 6.92 Å². The molecule has 1 rings (SSSR count). The van der Waals surface area contributed by atoms with Crippen molar-refractivity contribution in [1.82, 2.24) is 10.6 Å². The Morgan fingerprint density at radius 2 is 2.36 bits per heavy atom. The van der Waals surface area contributed by atoms with Crippen molar-refractivity contribution in [2.75, 3.05) is 6.61 Å². The van der Waals surface area contributed by atoms with E-state index in [1.165, 1.54) is 0 Å². The fourth-order valence-corrected chi connectivity index (χ4v) is 1.15. The first-order valence-corrected chi connectivity index (χ1v) is 4.40. The summed E-state index contributed by atoms with van der Waals surface area (Å²) in [6.45, 7) is 1.92. The van der Waals surface area contributed by atoms with Gasteiger partial charge in [-0.1, -0.05) is 0 Å². The number of ether oxygens (including phenoxy) is 1. The van der Waals surface area contributed by atoms with Crippen LogP contribution in [0.3, 0.4) is 0 Å². The standard InChI is InChI=1S/C8H12N2O4/c1-2-14-8(13)9-5-3-4-6(11)10-7(5)12/h5H,2-4H2,1H3,(H,9,13)(H,10,11,12). The van der Waals surface area contributed by atoms with Crippen molar-refractivity contribution < 1.29 is 19.1 Å². The molecule has 6 nitrogen and oxygen atoms in total. The molecule has 1 saturated heterocycles. The Balaban J connectivity index is 2.41. The van der Waals surface area contributed by atoms with Gasteiger partial charge in [-0.15, -0.1) is 0 Å². The van der Waals surface area contributed by atoms with E-state index in [0.29, 0.717) is 6.42 Å². The van der Waals surface area contributed by atoms with E-state index in [2.05, 4.69) is 15.4 Å². The molecule has 6 heteroatoms. The Bertz CT molecular complexity index is 264. The highest BCUT2D eigenvalue weighted by Gasteiger charge is 2.27. The molecule has 0 radical (unpaired) electrons. The summed E-state index contributed by atoms with van der Waals surface area (Å²) in [5.41, 5.74) is 0. The van der Waals surface area contributed by atoms with Gasteiger partial charge >= 0.3 is 6.09 Å². The normalized spacial score (nSPS) is 21.4. The molecule has 1 unspecified atom stereocenters. The Hall–Kier alpha value is -1.59. The number of nitrogens with one attached hydrogen (secondary N) is 2. The van der Waals surface area contributed by atoms with Crippen LogP contribution in [0.2, 0.25) is 0 Å². The van der Waals surface area contributed by atoms with E-state index >= 15 is 0 Å². The zero-order chi connectivity index (χ0) is 10.6. The first-order valence-electron chi connectivity index (χ1n) is 4.40. The summed E-state index contributed by atoms with van der Waals surface area (Å²) in [5.74, 6) is -0.786. The van der Waals surface area contributed by atoms with Gasteiger partial charge in [-0.05, 0) is 13.3 Å². The van der Waals surface area contributed by atoms with Crippen molar-refractivity contribution in [3.63, 3.8) is 0 Å². The molecule has 2 N–H and O–H groups in total. The van der Waals surface area contributed by atoms with Gasteiger partial charge in [-0.25, -0.2) is 4.79 Å². The van der Waals surface area contributed by atoms with Crippen molar-refractivity contribution >= 4 is 17.9 Å². The molecule has 1 aliphatic rings. The number of amides is 3. The first-order chi connectivity index (χ1) is 6.63. The average Bonchev–Trinajstić information content (AvgIpc) is 2.10. The molecule has 0 aromatic rings. The third kappa shape index (κ3) is 2.72. The van der Waals surface area contributed by atoms with E-state index in [1.807, 2.05) is 0 Å². The fraction of sp³-hybridized carbons (Fsp3) is 0.625. The fourth-order valence-electron chi connectivity index (χ4n) is 1.15. The number of rotatable bonds is 2. The molecule has 0 spiro atoms. The van der Waals surface area contributed by atoms with Crippen molar-refractivity contribution in [2.24, 2.45) is 0 Å². The van der Waals surface area contributed by atoms with E-state index in [0.717, 1.165) is 0 Å². The summed E-state index contributed by atoms with van der Waals surface area (Å²) in [6, 6.07) is -0.660.